The zero-order valence-corrected chi connectivity index (χ0v) is 8.62. The molecule has 0 spiro atoms. The van der Waals surface area contributed by atoms with E-state index < -0.39 is 12.9 Å². The van der Waals surface area contributed by atoms with Crippen molar-refractivity contribution in [1.29, 1.82) is 0 Å². The molecular weight excluding hydrogens is 193 g/mol. The van der Waals surface area contributed by atoms with Gasteiger partial charge in [-0.3, -0.25) is 9.36 Å². The molecule has 1 amide bonds. The van der Waals surface area contributed by atoms with Gasteiger partial charge in [0.1, 0.15) is 5.28 Å². The van der Waals surface area contributed by atoms with E-state index in [-0.39, 0.29) is 5.91 Å². The fraction of sp³-hybridized carbons (Fsp3) is 0.857. The topological polar surface area (TPSA) is 77.8 Å². The van der Waals surface area contributed by atoms with Gasteiger partial charge in [-0.15, -0.1) is 0 Å². The molecule has 0 bridgehead atoms. The van der Waals surface area contributed by atoms with Crippen LogP contribution < -0.4 is 0 Å². The highest BCUT2D eigenvalue weighted by Crippen LogP contribution is 2.52. The molecule has 0 saturated carbocycles. The standard InChI is InChI=1S/C7H14NO4P/c1-7(2,13(10,11)12)8-5-3-4-6(8)9/h3-5H2,1-2H3,(H2,10,11,12). The maximum absolute atomic E-state index is 11.3. The molecular formula is C7H14NO4P. The Morgan fingerprint density at radius 2 is 2.00 bits per heavy atom. The lowest BCUT2D eigenvalue weighted by Crippen LogP contribution is -2.44. The smallest absolute Gasteiger partial charge is 0.326 e. The molecule has 1 heterocycles. The molecule has 1 fully saturated rings. The third-order valence-corrected chi connectivity index (χ3v) is 4.11. The zero-order valence-electron chi connectivity index (χ0n) is 7.73. The SMILES string of the molecule is CC(C)(N1CCCC1=O)P(=O)(O)O. The molecule has 1 rings (SSSR count). The summed E-state index contributed by atoms with van der Waals surface area (Å²) in [5.41, 5.74) is 0. The summed E-state index contributed by atoms with van der Waals surface area (Å²) in [6, 6.07) is 0. The minimum absolute atomic E-state index is 0.173. The van der Waals surface area contributed by atoms with Crippen LogP contribution in [0.2, 0.25) is 0 Å². The molecule has 0 atom stereocenters. The van der Waals surface area contributed by atoms with Gasteiger partial charge in [0.15, 0.2) is 0 Å². The molecule has 0 aromatic heterocycles. The Balaban J connectivity index is 2.93. The maximum Gasteiger partial charge on any atom is 0.350 e. The van der Waals surface area contributed by atoms with E-state index in [1.807, 2.05) is 0 Å². The fourth-order valence-electron chi connectivity index (χ4n) is 1.38. The molecule has 0 aromatic rings. The molecule has 1 aliphatic rings. The van der Waals surface area contributed by atoms with E-state index in [9.17, 15) is 9.36 Å². The molecule has 13 heavy (non-hydrogen) atoms. The largest absolute Gasteiger partial charge is 0.350 e. The van der Waals surface area contributed by atoms with Crippen molar-refractivity contribution in [3.8, 4) is 0 Å². The summed E-state index contributed by atoms with van der Waals surface area (Å²) in [6.07, 6.45) is 1.08. The van der Waals surface area contributed by atoms with E-state index >= 15 is 0 Å². The average Bonchev–Trinajstić information content (AvgIpc) is 2.32. The predicted molar refractivity (Wildman–Crippen MR) is 47.1 cm³/mol. The Morgan fingerprint density at radius 3 is 2.31 bits per heavy atom. The van der Waals surface area contributed by atoms with Crippen LogP contribution in [0.25, 0.3) is 0 Å². The normalized spacial score (nSPS) is 19.7. The van der Waals surface area contributed by atoms with E-state index in [2.05, 4.69) is 0 Å². The van der Waals surface area contributed by atoms with Gasteiger partial charge in [-0.05, 0) is 20.3 Å². The van der Waals surface area contributed by atoms with Crippen LogP contribution in [0.15, 0.2) is 0 Å². The van der Waals surface area contributed by atoms with Crippen LogP contribution in [0.3, 0.4) is 0 Å². The number of carbonyl (C=O) groups is 1. The quantitative estimate of drug-likeness (QED) is 0.647. The lowest BCUT2D eigenvalue weighted by atomic mass is 10.3. The summed E-state index contributed by atoms with van der Waals surface area (Å²) >= 11 is 0. The minimum atomic E-state index is -4.25. The van der Waals surface area contributed by atoms with Crippen molar-refractivity contribution in [1.82, 2.24) is 4.90 Å². The molecule has 1 saturated heterocycles. The summed E-state index contributed by atoms with van der Waals surface area (Å²) < 4.78 is 11.1. The third-order valence-electron chi connectivity index (χ3n) is 2.45. The van der Waals surface area contributed by atoms with Gasteiger partial charge in [0, 0.05) is 13.0 Å². The van der Waals surface area contributed by atoms with Gasteiger partial charge in [0.25, 0.3) is 0 Å². The molecule has 1 aliphatic heterocycles. The molecule has 0 aromatic carbocycles. The third kappa shape index (κ3) is 1.77. The highest BCUT2D eigenvalue weighted by Gasteiger charge is 2.46. The Labute approximate surface area is 76.9 Å². The highest BCUT2D eigenvalue weighted by atomic mass is 31.2. The predicted octanol–water partition coefficient (Wildman–Crippen LogP) is 0.523. The van der Waals surface area contributed by atoms with Gasteiger partial charge in [0.2, 0.25) is 5.91 Å². The lowest BCUT2D eigenvalue weighted by molar-refractivity contribution is -0.130. The van der Waals surface area contributed by atoms with Crippen molar-refractivity contribution < 1.29 is 19.1 Å². The first kappa shape index (κ1) is 10.7. The van der Waals surface area contributed by atoms with Crippen LogP contribution in [0, 0.1) is 0 Å². The van der Waals surface area contributed by atoms with Gasteiger partial charge in [-0.1, -0.05) is 0 Å². The Morgan fingerprint density at radius 1 is 1.46 bits per heavy atom. The fourth-order valence-corrected chi connectivity index (χ4v) is 1.91. The second kappa shape index (κ2) is 3.08. The number of carbonyl (C=O) groups excluding carboxylic acids is 1. The van der Waals surface area contributed by atoms with Crippen molar-refractivity contribution in [2.75, 3.05) is 6.54 Å². The second-order valence-electron chi connectivity index (χ2n) is 3.69. The number of rotatable bonds is 2. The van der Waals surface area contributed by atoms with Crippen LogP contribution in [0.4, 0.5) is 0 Å². The van der Waals surface area contributed by atoms with E-state index in [0.717, 1.165) is 0 Å². The van der Waals surface area contributed by atoms with Crippen molar-refractivity contribution in [2.45, 2.75) is 32.0 Å². The number of hydrogen-bond donors (Lipinski definition) is 2. The van der Waals surface area contributed by atoms with Crippen molar-refractivity contribution in [2.24, 2.45) is 0 Å². The van der Waals surface area contributed by atoms with Crippen LogP contribution in [0.5, 0.6) is 0 Å². The lowest BCUT2D eigenvalue weighted by Gasteiger charge is -2.35. The number of likely N-dealkylation sites (tertiary alicyclic amines) is 1. The Hall–Kier alpha value is -0.380. The first-order valence-electron chi connectivity index (χ1n) is 4.13. The Kier molecular flexibility index (Phi) is 2.54. The van der Waals surface area contributed by atoms with E-state index in [1.54, 1.807) is 0 Å². The van der Waals surface area contributed by atoms with Gasteiger partial charge in [-0.25, -0.2) is 0 Å². The molecule has 76 valence electrons. The molecule has 0 radical (unpaired) electrons. The van der Waals surface area contributed by atoms with E-state index in [4.69, 9.17) is 9.79 Å². The van der Waals surface area contributed by atoms with Crippen LogP contribution >= 0.6 is 7.60 Å². The number of hydrogen-bond acceptors (Lipinski definition) is 2. The first-order valence-corrected chi connectivity index (χ1v) is 5.74. The number of amides is 1. The molecule has 0 unspecified atom stereocenters. The molecule has 5 nitrogen and oxygen atoms in total. The van der Waals surface area contributed by atoms with Crippen LogP contribution in [-0.2, 0) is 9.36 Å². The van der Waals surface area contributed by atoms with Crippen molar-refractivity contribution in [3.63, 3.8) is 0 Å². The van der Waals surface area contributed by atoms with Gasteiger partial charge in [0.05, 0.1) is 0 Å². The summed E-state index contributed by atoms with van der Waals surface area (Å²) in [4.78, 5) is 30.6. The van der Waals surface area contributed by atoms with Crippen molar-refractivity contribution in [3.05, 3.63) is 0 Å². The molecule has 6 heteroatoms. The van der Waals surface area contributed by atoms with Gasteiger partial charge < -0.3 is 14.7 Å². The van der Waals surface area contributed by atoms with Gasteiger partial charge in [-0.2, -0.15) is 0 Å². The molecule has 2 N–H and O–H groups in total. The van der Waals surface area contributed by atoms with Crippen molar-refractivity contribution >= 4 is 13.5 Å². The summed E-state index contributed by atoms with van der Waals surface area (Å²) in [6.45, 7) is 3.24. The van der Waals surface area contributed by atoms with Gasteiger partial charge >= 0.3 is 7.60 Å². The first-order chi connectivity index (χ1) is 5.77. The summed E-state index contributed by atoms with van der Waals surface area (Å²) in [5.74, 6) is -0.173. The second-order valence-corrected chi connectivity index (χ2v) is 5.87. The van der Waals surface area contributed by atoms with E-state index in [0.29, 0.717) is 19.4 Å². The minimum Gasteiger partial charge on any atom is -0.326 e. The monoisotopic (exact) mass is 207 g/mol. The summed E-state index contributed by atoms with van der Waals surface area (Å²) in [5, 5.41) is -1.36. The van der Waals surface area contributed by atoms with Crippen LogP contribution in [-0.4, -0.2) is 32.4 Å². The average molecular weight is 207 g/mol. The maximum atomic E-state index is 11.3. The molecule has 0 aliphatic carbocycles. The Bertz CT molecular complexity index is 270. The summed E-state index contributed by atoms with van der Waals surface area (Å²) in [7, 11) is -4.25. The number of nitrogens with zero attached hydrogens (tertiary/aromatic N) is 1. The van der Waals surface area contributed by atoms with Crippen LogP contribution in [0.1, 0.15) is 26.7 Å². The van der Waals surface area contributed by atoms with E-state index in [1.165, 1.54) is 18.7 Å². The highest BCUT2D eigenvalue weighted by molar-refractivity contribution is 7.53. The zero-order chi connectivity index (χ0) is 10.3.